The Morgan fingerprint density at radius 3 is 2.72 bits per heavy atom. The van der Waals surface area contributed by atoms with E-state index in [4.69, 9.17) is 0 Å². The molecule has 1 rings (SSSR count). The summed E-state index contributed by atoms with van der Waals surface area (Å²) in [6.07, 6.45) is 1.67. The predicted octanol–water partition coefficient (Wildman–Crippen LogP) is 1.19. The van der Waals surface area contributed by atoms with E-state index in [0.29, 0.717) is 17.9 Å². The first-order valence-corrected chi connectivity index (χ1v) is 6.36. The zero-order valence-corrected chi connectivity index (χ0v) is 11.4. The second kappa shape index (κ2) is 7.66. The second-order valence-electron chi connectivity index (χ2n) is 3.93. The molecule has 0 aliphatic rings. The van der Waals surface area contributed by atoms with Gasteiger partial charge in [0.15, 0.2) is 0 Å². The third-order valence-electron chi connectivity index (χ3n) is 2.90. The van der Waals surface area contributed by atoms with Crippen molar-refractivity contribution in [3.8, 4) is 0 Å². The number of amides is 1. The molecule has 0 aliphatic carbocycles. The number of nitrogens with zero attached hydrogens (tertiary/aromatic N) is 2. The maximum absolute atomic E-state index is 12.0. The standard InChI is InChI=1S/C13H22N4O/c1-4-17(5-2)10-9-16-13(18)11-7-6-8-15-12(11)14-3/h6-8H,4-5,9-10H2,1-3H3,(H,14,15)(H,16,18). The van der Waals surface area contributed by atoms with Crippen LogP contribution in [-0.4, -0.2) is 49.0 Å². The lowest BCUT2D eigenvalue weighted by atomic mass is 10.2. The zero-order valence-electron chi connectivity index (χ0n) is 11.4. The number of likely N-dealkylation sites (N-methyl/N-ethyl adjacent to an activating group) is 1. The molecule has 0 saturated carbocycles. The molecular weight excluding hydrogens is 228 g/mol. The molecule has 0 unspecified atom stereocenters. The van der Waals surface area contributed by atoms with Gasteiger partial charge in [-0.2, -0.15) is 0 Å². The normalized spacial score (nSPS) is 10.4. The number of aromatic nitrogens is 1. The quantitative estimate of drug-likeness (QED) is 0.763. The number of anilines is 1. The summed E-state index contributed by atoms with van der Waals surface area (Å²) in [7, 11) is 1.76. The molecule has 0 fully saturated rings. The van der Waals surface area contributed by atoms with Crippen LogP contribution in [-0.2, 0) is 0 Å². The van der Waals surface area contributed by atoms with E-state index in [1.807, 2.05) is 0 Å². The number of carbonyl (C=O) groups is 1. The van der Waals surface area contributed by atoms with E-state index in [1.165, 1.54) is 0 Å². The van der Waals surface area contributed by atoms with Gasteiger partial charge in [-0.3, -0.25) is 4.79 Å². The average Bonchev–Trinajstić information content (AvgIpc) is 2.43. The largest absolute Gasteiger partial charge is 0.372 e. The van der Waals surface area contributed by atoms with Gasteiger partial charge in [0.2, 0.25) is 0 Å². The average molecular weight is 250 g/mol. The topological polar surface area (TPSA) is 57.3 Å². The van der Waals surface area contributed by atoms with Gasteiger partial charge in [0.25, 0.3) is 5.91 Å². The van der Waals surface area contributed by atoms with Crippen LogP contribution >= 0.6 is 0 Å². The summed E-state index contributed by atoms with van der Waals surface area (Å²) in [6, 6.07) is 3.53. The summed E-state index contributed by atoms with van der Waals surface area (Å²) in [5.74, 6) is 0.525. The Morgan fingerprint density at radius 1 is 1.39 bits per heavy atom. The van der Waals surface area contributed by atoms with Crippen molar-refractivity contribution < 1.29 is 4.79 Å². The van der Waals surface area contributed by atoms with Gasteiger partial charge < -0.3 is 15.5 Å². The summed E-state index contributed by atoms with van der Waals surface area (Å²) < 4.78 is 0. The van der Waals surface area contributed by atoms with Crippen molar-refractivity contribution in [2.75, 3.05) is 38.5 Å². The summed E-state index contributed by atoms with van der Waals surface area (Å²) in [5, 5.41) is 5.83. The van der Waals surface area contributed by atoms with Crippen molar-refractivity contribution in [1.82, 2.24) is 15.2 Å². The van der Waals surface area contributed by atoms with E-state index >= 15 is 0 Å². The lowest BCUT2D eigenvalue weighted by molar-refractivity contribution is 0.0949. The summed E-state index contributed by atoms with van der Waals surface area (Å²) in [5.41, 5.74) is 0.583. The van der Waals surface area contributed by atoms with Crippen LogP contribution in [0.2, 0.25) is 0 Å². The van der Waals surface area contributed by atoms with Crippen molar-refractivity contribution in [2.45, 2.75) is 13.8 Å². The van der Waals surface area contributed by atoms with Gasteiger partial charge in [0, 0.05) is 26.3 Å². The smallest absolute Gasteiger partial charge is 0.255 e. The molecule has 0 atom stereocenters. The minimum Gasteiger partial charge on any atom is -0.372 e. The van der Waals surface area contributed by atoms with Crippen LogP contribution in [0, 0.1) is 0 Å². The molecule has 18 heavy (non-hydrogen) atoms. The van der Waals surface area contributed by atoms with Gasteiger partial charge in [-0.05, 0) is 25.2 Å². The first kappa shape index (κ1) is 14.4. The lowest BCUT2D eigenvalue weighted by Gasteiger charge is -2.18. The van der Waals surface area contributed by atoms with E-state index in [1.54, 1.807) is 25.4 Å². The molecule has 1 heterocycles. The minimum atomic E-state index is -0.0837. The third kappa shape index (κ3) is 4.00. The maximum Gasteiger partial charge on any atom is 0.255 e. The molecule has 0 aromatic carbocycles. The third-order valence-corrected chi connectivity index (χ3v) is 2.90. The van der Waals surface area contributed by atoms with Crippen LogP contribution < -0.4 is 10.6 Å². The van der Waals surface area contributed by atoms with Gasteiger partial charge in [-0.15, -0.1) is 0 Å². The highest BCUT2D eigenvalue weighted by Crippen LogP contribution is 2.09. The Bertz CT molecular complexity index is 377. The van der Waals surface area contributed by atoms with Crippen molar-refractivity contribution in [3.05, 3.63) is 23.9 Å². The van der Waals surface area contributed by atoms with E-state index in [9.17, 15) is 4.79 Å². The van der Waals surface area contributed by atoms with Gasteiger partial charge in [0.1, 0.15) is 5.82 Å². The number of pyridine rings is 1. The Labute approximate surface area is 109 Å². The molecule has 0 saturated heterocycles. The van der Waals surface area contributed by atoms with E-state index in [0.717, 1.165) is 19.6 Å². The van der Waals surface area contributed by atoms with Crippen molar-refractivity contribution in [2.24, 2.45) is 0 Å². The van der Waals surface area contributed by atoms with Crippen LogP contribution in [0.4, 0.5) is 5.82 Å². The van der Waals surface area contributed by atoms with E-state index in [-0.39, 0.29) is 5.91 Å². The maximum atomic E-state index is 12.0. The molecule has 0 bridgehead atoms. The Balaban J connectivity index is 2.50. The van der Waals surface area contributed by atoms with Crippen LogP contribution in [0.5, 0.6) is 0 Å². The van der Waals surface area contributed by atoms with Crippen molar-refractivity contribution in [1.29, 1.82) is 0 Å². The molecule has 0 spiro atoms. The fourth-order valence-corrected chi connectivity index (χ4v) is 1.75. The van der Waals surface area contributed by atoms with Gasteiger partial charge in [-0.25, -0.2) is 4.98 Å². The Morgan fingerprint density at radius 2 is 2.11 bits per heavy atom. The molecule has 5 nitrogen and oxygen atoms in total. The fraction of sp³-hybridized carbons (Fsp3) is 0.538. The summed E-state index contributed by atoms with van der Waals surface area (Å²) in [6.45, 7) is 7.76. The second-order valence-corrected chi connectivity index (χ2v) is 3.93. The van der Waals surface area contributed by atoms with Crippen molar-refractivity contribution in [3.63, 3.8) is 0 Å². The Kier molecular flexibility index (Phi) is 6.14. The highest BCUT2D eigenvalue weighted by atomic mass is 16.1. The Hall–Kier alpha value is -1.62. The van der Waals surface area contributed by atoms with E-state index < -0.39 is 0 Å². The molecule has 100 valence electrons. The molecule has 1 aromatic rings. The summed E-state index contributed by atoms with van der Waals surface area (Å²) in [4.78, 5) is 18.4. The molecular formula is C13H22N4O. The van der Waals surface area contributed by atoms with Gasteiger partial charge >= 0.3 is 0 Å². The number of rotatable bonds is 7. The number of carbonyl (C=O) groups excluding carboxylic acids is 1. The fourth-order valence-electron chi connectivity index (χ4n) is 1.75. The van der Waals surface area contributed by atoms with E-state index in [2.05, 4.69) is 34.4 Å². The lowest BCUT2D eigenvalue weighted by Crippen LogP contribution is -2.35. The van der Waals surface area contributed by atoms with Gasteiger partial charge in [-0.1, -0.05) is 13.8 Å². The van der Waals surface area contributed by atoms with Crippen LogP contribution in [0.3, 0.4) is 0 Å². The first-order chi connectivity index (χ1) is 8.72. The molecule has 1 aromatic heterocycles. The molecule has 0 aliphatic heterocycles. The number of hydrogen-bond acceptors (Lipinski definition) is 4. The zero-order chi connectivity index (χ0) is 13.4. The highest BCUT2D eigenvalue weighted by molar-refractivity contribution is 5.98. The molecule has 2 N–H and O–H groups in total. The van der Waals surface area contributed by atoms with Crippen molar-refractivity contribution >= 4 is 11.7 Å². The van der Waals surface area contributed by atoms with Gasteiger partial charge in [0.05, 0.1) is 5.56 Å². The van der Waals surface area contributed by atoms with Crippen LogP contribution in [0.1, 0.15) is 24.2 Å². The number of hydrogen-bond donors (Lipinski definition) is 2. The van der Waals surface area contributed by atoms with Crippen LogP contribution in [0.15, 0.2) is 18.3 Å². The highest BCUT2D eigenvalue weighted by Gasteiger charge is 2.10. The number of nitrogens with one attached hydrogen (secondary N) is 2. The first-order valence-electron chi connectivity index (χ1n) is 6.36. The summed E-state index contributed by atoms with van der Waals surface area (Å²) >= 11 is 0. The SMILES string of the molecule is CCN(CC)CCNC(=O)c1cccnc1NC. The van der Waals surface area contributed by atoms with Crippen LogP contribution in [0.25, 0.3) is 0 Å². The molecule has 1 amide bonds. The monoisotopic (exact) mass is 250 g/mol. The molecule has 5 heteroatoms. The molecule has 0 radical (unpaired) electrons. The predicted molar refractivity (Wildman–Crippen MR) is 73.9 cm³/mol. The minimum absolute atomic E-state index is 0.0837.